The molecule has 3 aromatic carbocycles. The van der Waals surface area contributed by atoms with E-state index in [1.54, 1.807) is 34.9 Å². The van der Waals surface area contributed by atoms with Crippen molar-refractivity contribution in [3.63, 3.8) is 0 Å². The van der Waals surface area contributed by atoms with Crippen molar-refractivity contribution >= 4 is 52.1 Å². The van der Waals surface area contributed by atoms with Crippen LogP contribution in [-0.2, 0) is 20.9 Å². The van der Waals surface area contributed by atoms with Gasteiger partial charge in [0.1, 0.15) is 17.9 Å². The molecule has 1 saturated heterocycles. The van der Waals surface area contributed by atoms with Crippen molar-refractivity contribution < 1.29 is 23.6 Å². The molecule has 2 N–H and O–H groups in total. The number of hydrogen-bond acceptors (Lipinski definition) is 4. The highest BCUT2D eigenvalue weighted by Gasteiger charge is 2.37. The number of rotatable bonds is 5. The largest absolute Gasteiger partial charge is 0.335 e. The maximum atomic E-state index is 13.8. The standard InChI is InChI=1S/C27H19FN4O4/c28-18-8-6-11-20(14-18)32-26(35)22(25(34)30-27(32)36)15-21-13-17-7-4-5-12-23(17)31(21)16-24(33)29-19-9-2-1-3-10-19/h1-15H,16H2,(H,29,33)(H,30,34,36). The summed E-state index contributed by atoms with van der Waals surface area (Å²) in [5.41, 5.74) is 1.41. The second-order valence-electron chi connectivity index (χ2n) is 8.07. The molecule has 178 valence electrons. The first kappa shape index (κ1) is 22.7. The van der Waals surface area contributed by atoms with Gasteiger partial charge in [0.05, 0.1) is 5.69 Å². The van der Waals surface area contributed by atoms with Crippen LogP contribution in [0.4, 0.5) is 20.6 Å². The smallest absolute Gasteiger partial charge is 0.331 e. The monoisotopic (exact) mass is 482 g/mol. The van der Waals surface area contributed by atoms with E-state index in [4.69, 9.17) is 0 Å². The Labute approximate surface area is 204 Å². The summed E-state index contributed by atoms with van der Waals surface area (Å²) in [6, 6.07) is 22.0. The number of carbonyl (C=O) groups excluding carboxylic acids is 4. The predicted molar refractivity (Wildman–Crippen MR) is 132 cm³/mol. The highest BCUT2D eigenvalue weighted by molar-refractivity contribution is 6.39. The van der Waals surface area contributed by atoms with Crippen LogP contribution in [0.3, 0.4) is 0 Å². The van der Waals surface area contributed by atoms with Gasteiger partial charge in [-0.25, -0.2) is 14.1 Å². The molecule has 4 aromatic rings. The molecule has 2 heterocycles. The minimum Gasteiger partial charge on any atom is -0.331 e. The van der Waals surface area contributed by atoms with E-state index in [2.05, 4.69) is 10.6 Å². The lowest BCUT2D eigenvalue weighted by Gasteiger charge is -2.26. The van der Waals surface area contributed by atoms with Crippen LogP contribution in [0.1, 0.15) is 5.69 Å². The lowest BCUT2D eigenvalue weighted by molar-refractivity contribution is -0.122. The first-order valence-corrected chi connectivity index (χ1v) is 11.0. The van der Waals surface area contributed by atoms with Crippen LogP contribution in [0, 0.1) is 5.82 Å². The first-order valence-electron chi connectivity index (χ1n) is 11.0. The maximum absolute atomic E-state index is 13.8. The molecule has 1 aromatic heterocycles. The first-order chi connectivity index (χ1) is 17.4. The fourth-order valence-corrected chi connectivity index (χ4v) is 4.05. The second kappa shape index (κ2) is 9.30. The summed E-state index contributed by atoms with van der Waals surface area (Å²) in [6.45, 7) is -0.0934. The van der Waals surface area contributed by atoms with Gasteiger partial charge in [-0.3, -0.25) is 19.7 Å². The van der Waals surface area contributed by atoms with Crippen molar-refractivity contribution in [1.82, 2.24) is 9.88 Å². The highest BCUT2D eigenvalue weighted by atomic mass is 19.1. The van der Waals surface area contributed by atoms with Gasteiger partial charge < -0.3 is 9.88 Å². The van der Waals surface area contributed by atoms with Gasteiger partial charge in [-0.1, -0.05) is 42.5 Å². The van der Waals surface area contributed by atoms with E-state index >= 15 is 0 Å². The van der Waals surface area contributed by atoms with Crippen molar-refractivity contribution in [2.45, 2.75) is 6.54 Å². The SMILES string of the molecule is O=C(Cn1c(C=C2C(=O)NC(=O)N(c3cccc(F)c3)C2=O)cc2ccccc21)Nc1ccccc1. The predicted octanol–water partition coefficient (Wildman–Crippen LogP) is 4.09. The number of halogens is 1. The fraction of sp³-hybridized carbons (Fsp3) is 0.0370. The van der Waals surface area contributed by atoms with Crippen LogP contribution in [0.5, 0.6) is 0 Å². The van der Waals surface area contributed by atoms with Crippen molar-refractivity contribution in [1.29, 1.82) is 0 Å². The Bertz CT molecular complexity index is 1560. The van der Waals surface area contributed by atoms with Crippen molar-refractivity contribution in [2.24, 2.45) is 0 Å². The Hall–Kier alpha value is -5.05. The number of barbiturate groups is 1. The average molecular weight is 482 g/mol. The summed E-state index contributed by atoms with van der Waals surface area (Å²) in [5.74, 6) is -2.73. The normalized spacial score (nSPS) is 14.9. The number of urea groups is 1. The number of imide groups is 2. The molecule has 0 aliphatic carbocycles. The van der Waals surface area contributed by atoms with E-state index in [0.29, 0.717) is 21.8 Å². The molecule has 1 aliphatic rings. The van der Waals surface area contributed by atoms with Crippen molar-refractivity contribution in [2.75, 3.05) is 10.2 Å². The van der Waals surface area contributed by atoms with E-state index in [1.165, 1.54) is 24.3 Å². The molecule has 8 nitrogen and oxygen atoms in total. The molecule has 0 saturated carbocycles. The van der Waals surface area contributed by atoms with E-state index in [-0.39, 0.29) is 23.7 Å². The quantitative estimate of drug-likeness (QED) is 0.331. The third kappa shape index (κ3) is 4.37. The van der Waals surface area contributed by atoms with Crippen LogP contribution < -0.4 is 15.5 Å². The number of fused-ring (bicyclic) bond motifs is 1. The zero-order valence-electron chi connectivity index (χ0n) is 18.8. The zero-order chi connectivity index (χ0) is 25.2. The Morgan fingerprint density at radius 2 is 1.67 bits per heavy atom. The fourth-order valence-electron chi connectivity index (χ4n) is 4.05. The minimum absolute atomic E-state index is 0.0151. The lowest BCUT2D eigenvalue weighted by atomic mass is 10.1. The van der Waals surface area contributed by atoms with Crippen LogP contribution in [0.15, 0.2) is 90.5 Å². The molecular formula is C27H19FN4O4. The Morgan fingerprint density at radius 1 is 0.917 bits per heavy atom. The summed E-state index contributed by atoms with van der Waals surface area (Å²) < 4.78 is 15.4. The van der Waals surface area contributed by atoms with Crippen LogP contribution >= 0.6 is 0 Å². The molecule has 9 heteroatoms. The number of amides is 5. The average Bonchev–Trinajstić information content (AvgIpc) is 3.19. The van der Waals surface area contributed by atoms with E-state index in [1.807, 2.05) is 30.3 Å². The molecule has 1 aliphatic heterocycles. The summed E-state index contributed by atoms with van der Waals surface area (Å²) in [7, 11) is 0. The third-order valence-electron chi connectivity index (χ3n) is 5.66. The molecule has 0 bridgehead atoms. The molecular weight excluding hydrogens is 463 g/mol. The zero-order valence-corrected chi connectivity index (χ0v) is 18.8. The van der Waals surface area contributed by atoms with Crippen molar-refractivity contribution in [3.05, 3.63) is 102 Å². The van der Waals surface area contributed by atoms with Crippen LogP contribution in [0.2, 0.25) is 0 Å². The van der Waals surface area contributed by atoms with E-state index in [9.17, 15) is 23.6 Å². The summed E-state index contributed by atoms with van der Waals surface area (Å²) in [6.07, 6.45) is 1.33. The van der Waals surface area contributed by atoms with Gasteiger partial charge in [0.25, 0.3) is 11.8 Å². The van der Waals surface area contributed by atoms with Gasteiger partial charge in [-0.2, -0.15) is 0 Å². The number of para-hydroxylation sites is 2. The van der Waals surface area contributed by atoms with Gasteiger partial charge in [0.2, 0.25) is 5.91 Å². The topological polar surface area (TPSA) is 101 Å². The van der Waals surface area contributed by atoms with Gasteiger partial charge in [-0.05, 0) is 48.5 Å². The minimum atomic E-state index is -0.976. The second-order valence-corrected chi connectivity index (χ2v) is 8.07. The summed E-state index contributed by atoms with van der Waals surface area (Å²) >= 11 is 0. The Morgan fingerprint density at radius 3 is 2.44 bits per heavy atom. The Balaban J connectivity index is 1.53. The van der Waals surface area contributed by atoms with Gasteiger partial charge in [0, 0.05) is 22.3 Å². The van der Waals surface area contributed by atoms with E-state index < -0.39 is 23.7 Å². The van der Waals surface area contributed by atoms with Crippen molar-refractivity contribution in [3.8, 4) is 0 Å². The van der Waals surface area contributed by atoms with Gasteiger partial charge >= 0.3 is 6.03 Å². The van der Waals surface area contributed by atoms with Crippen LogP contribution in [0.25, 0.3) is 17.0 Å². The molecule has 0 unspecified atom stereocenters. The van der Waals surface area contributed by atoms with Gasteiger partial charge in [0.15, 0.2) is 0 Å². The highest BCUT2D eigenvalue weighted by Crippen LogP contribution is 2.26. The number of aromatic nitrogens is 1. The molecule has 5 rings (SSSR count). The Kier molecular flexibility index (Phi) is 5.87. The number of nitrogens with zero attached hydrogens (tertiary/aromatic N) is 2. The third-order valence-corrected chi connectivity index (χ3v) is 5.66. The molecule has 0 radical (unpaired) electrons. The van der Waals surface area contributed by atoms with Crippen LogP contribution in [-0.4, -0.2) is 28.3 Å². The number of hydrogen-bond donors (Lipinski definition) is 2. The van der Waals surface area contributed by atoms with E-state index in [0.717, 1.165) is 11.5 Å². The van der Waals surface area contributed by atoms with Gasteiger partial charge in [-0.15, -0.1) is 0 Å². The molecule has 0 spiro atoms. The molecule has 1 fully saturated rings. The molecule has 5 amide bonds. The number of carbonyl (C=O) groups is 4. The number of anilines is 2. The maximum Gasteiger partial charge on any atom is 0.335 e. The summed E-state index contributed by atoms with van der Waals surface area (Å²) in [5, 5.41) is 5.73. The molecule has 36 heavy (non-hydrogen) atoms. The lowest BCUT2D eigenvalue weighted by Crippen LogP contribution is -2.54. The molecule has 0 atom stereocenters. The number of benzene rings is 3. The number of nitrogens with one attached hydrogen (secondary N) is 2. The summed E-state index contributed by atoms with van der Waals surface area (Å²) in [4.78, 5) is 51.8.